The lowest BCUT2D eigenvalue weighted by molar-refractivity contribution is 0.660. The van der Waals surface area contributed by atoms with Crippen LogP contribution in [0.1, 0.15) is 25.0 Å². The fourth-order valence-corrected chi connectivity index (χ4v) is 9.31. The van der Waals surface area contributed by atoms with Crippen molar-refractivity contribution in [1.82, 2.24) is 4.57 Å². The Balaban J connectivity index is 0.952. The fraction of sp³-hybridized carbons (Fsp3) is 0.0566. The van der Waals surface area contributed by atoms with Gasteiger partial charge in [-0.25, -0.2) is 0 Å². The first-order valence-electron chi connectivity index (χ1n) is 19.2. The zero-order chi connectivity index (χ0) is 36.7. The summed E-state index contributed by atoms with van der Waals surface area (Å²) in [5, 5.41) is 1.30. The Morgan fingerprint density at radius 3 is 1.58 bits per heavy atom. The van der Waals surface area contributed by atoms with E-state index in [9.17, 15) is 0 Å². The molecule has 0 bridgehead atoms. The van der Waals surface area contributed by atoms with Gasteiger partial charge in [0, 0.05) is 45.3 Å². The number of hydrogen-bond donors (Lipinski definition) is 0. The van der Waals surface area contributed by atoms with Crippen molar-refractivity contribution >= 4 is 28.0 Å². The summed E-state index contributed by atoms with van der Waals surface area (Å²) in [6, 6.07) is 68.9. The second-order valence-electron chi connectivity index (χ2n) is 15.4. The van der Waals surface area contributed by atoms with Crippen molar-refractivity contribution in [1.29, 1.82) is 0 Å². The number of para-hydroxylation sites is 1. The van der Waals surface area contributed by atoms with E-state index in [4.69, 9.17) is 0 Å². The van der Waals surface area contributed by atoms with Gasteiger partial charge in [-0.05, 0) is 116 Å². The molecule has 11 rings (SSSR count). The predicted octanol–water partition coefficient (Wildman–Crippen LogP) is 14.4. The molecule has 2 aliphatic rings. The molecule has 0 radical (unpaired) electrons. The lowest BCUT2D eigenvalue weighted by Gasteiger charge is -2.28. The Morgan fingerprint density at radius 2 is 0.891 bits per heavy atom. The molecule has 8 aromatic carbocycles. The van der Waals surface area contributed by atoms with Gasteiger partial charge >= 0.3 is 0 Å². The standard InChI is InChI=1S/C53H38N2/c1-53(2)49-21-11-10-19-45(49)46-32-31-40(33-50(46)53)55(38-13-4-3-5-14-38)39-29-25-36(26-30-39)35-23-27-37(28-24-35)54-34-48-44-18-9-7-16-42(44)41-15-6-8-17-43(41)47-20-12-22-51(54)52(47)48/h3-34H,1-2H3. The molecule has 260 valence electrons. The van der Waals surface area contributed by atoms with Crippen LogP contribution in [0.15, 0.2) is 194 Å². The normalized spacial score (nSPS) is 13.1. The molecule has 0 fully saturated rings. The number of rotatable bonds is 5. The Kier molecular flexibility index (Phi) is 6.93. The van der Waals surface area contributed by atoms with Gasteiger partial charge in [-0.1, -0.05) is 147 Å². The predicted molar refractivity (Wildman–Crippen MR) is 231 cm³/mol. The molecule has 0 N–H and O–H groups in total. The van der Waals surface area contributed by atoms with Crippen molar-refractivity contribution in [2.45, 2.75) is 19.3 Å². The highest BCUT2D eigenvalue weighted by atomic mass is 15.1. The monoisotopic (exact) mass is 702 g/mol. The van der Waals surface area contributed by atoms with Crippen LogP contribution in [0.3, 0.4) is 0 Å². The maximum Gasteiger partial charge on any atom is 0.0541 e. The van der Waals surface area contributed by atoms with E-state index in [1.165, 1.54) is 77.7 Å². The molecule has 2 nitrogen and oxygen atoms in total. The second-order valence-corrected chi connectivity index (χ2v) is 15.4. The smallest absolute Gasteiger partial charge is 0.0541 e. The Morgan fingerprint density at radius 1 is 0.382 bits per heavy atom. The van der Waals surface area contributed by atoms with Crippen LogP contribution in [0.2, 0.25) is 0 Å². The van der Waals surface area contributed by atoms with E-state index in [1.807, 2.05) is 0 Å². The summed E-state index contributed by atoms with van der Waals surface area (Å²) in [5.41, 5.74) is 21.2. The third-order valence-corrected chi connectivity index (χ3v) is 12.0. The Labute approximate surface area is 322 Å². The van der Waals surface area contributed by atoms with Crippen molar-refractivity contribution in [3.05, 3.63) is 205 Å². The average Bonchev–Trinajstić information content (AvgIpc) is 3.70. The maximum atomic E-state index is 2.40. The molecule has 0 unspecified atom stereocenters. The zero-order valence-corrected chi connectivity index (χ0v) is 30.9. The van der Waals surface area contributed by atoms with Gasteiger partial charge in [-0.3, -0.25) is 0 Å². The molecular formula is C53H38N2. The van der Waals surface area contributed by atoms with Crippen LogP contribution in [0.25, 0.3) is 72.2 Å². The third kappa shape index (κ3) is 4.81. The van der Waals surface area contributed by atoms with Crippen LogP contribution in [-0.2, 0) is 5.41 Å². The average molecular weight is 703 g/mol. The highest BCUT2D eigenvalue weighted by molar-refractivity contribution is 6.13. The van der Waals surface area contributed by atoms with Crippen molar-refractivity contribution in [2.75, 3.05) is 4.90 Å². The first kappa shape index (κ1) is 31.6. The molecule has 0 atom stereocenters. The fourth-order valence-electron chi connectivity index (χ4n) is 9.31. The number of hydrogen-bond acceptors (Lipinski definition) is 1. The molecule has 0 amide bonds. The van der Waals surface area contributed by atoms with E-state index < -0.39 is 0 Å². The quantitative estimate of drug-likeness (QED) is 0.173. The largest absolute Gasteiger partial charge is 0.316 e. The molecule has 0 saturated carbocycles. The van der Waals surface area contributed by atoms with Crippen LogP contribution in [-0.4, -0.2) is 4.57 Å². The topological polar surface area (TPSA) is 8.17 Å². The maximum absolute atomic E-state index is 2.40. The van der Waals surface area contributed by atoms with Crippen LogP contribution in [0.5, 0.6) is 0 Å². The van der Waals surface area contributed by atoms with Gasteiger partial charge in [-0.2, -0.15) is 0 Å². The number of nitrogens with zero attached hydrogens (tertiary/aromatic N) is 2. The summed E-state index contributed by atoms with van der Waals surface area (Å²) in [6.07, 6.45) is 2.33. The minimum Gasteiger partial charge on any atom is -0.316 e. The first-order valence-corrected chi connectivity index (χ1v) is 19.2. The number of benzene rings is 8. The highest BCUT2D eigenvalue weighted by Crippen LogP contribution is 2.51. The minimum atomic E-state index is -0.0669. The van der Waals surface area contributed by atoms with Crippen molar-refractivity contribution in [3.63, 3.8) is 0 Å². The van der Waals surface area contributed by atoms with E-state index in [2.05, 4.69) is 218 Å². The summed E-state index contributed by atoms with van der Waals surface area (Å²) in [6.45, 7) is 4.69. The summed E-state index contributed by atoms with van der Waals surface area (Å²) in [5.74, 6) is 0. The molecule has 2 heteroatoms. The molecule has 9 aromatic rings. The van der Waals surface area contributed by atoms with Crippen LogP contribution < -0.4 is 4.90 Å². The molecule has 2 aliphatic carbocycles. The van der Waals surface area contributed by atoms with Crippen molar-refractivity contribution < 1.29 is 0 Å². The number of aromatic nitrogens is 1. The summed E-state index contributed by atoms with van der Waals surface area (Å²) >= 11 is 0. The van der Waals surface area contributed by atoms with Gasteiger partial charge in [-0.15, -0.1) is 0 Å². The molecule has 1 heterocycles. The van der Waals surface area contributed by atoms with Crippen molar-refractivity contribution in [2.24, 2.45) is 0 Å². The Hall–Kier alpha value is -6.90. The SMILES string of the molecule is CC1(C)c2ccccc2-c2ccc(N(c3ccccc3)c3ccc(-c4ccc(-n5cc6c7c(cccc75)-c5ccccc5-c5ccccc5-6)cc4)cc3)cc21. The van der Waals surface area contributed by atoms with E-state index >= 15 is 0 Å². The third-order valence-electron chi connectivity index (χ3n) is 12.0. The lowest BCUT2D eigenvalue weighted by atomic mass is 9.82. The van der Waals surface area contributed by atoms with Gasteiger partial charge in [0.15, 0.2) is 0 Å². The molecule has 0 saturated heterocycles. The second kappa shape index (κ2) is 12.1. The summed E-state index contributed by atoms with van der Waals surface area (Å²) in [7, 11) is 0. The Bertz CT molecular complexity index is 2930. The van der Waals surface area contributed by atoms with Gasteiger partial charge in [0.1, 0.15) is 0 Å². The summed E-state index contributed by atoms with van der Waals surface area (Å²) in [4.78, 5) is 2.38. The van der Waals surface area contributed by atoms with E-state index in [1.54, 1.807) is 0 Å². The van der Waals surface area contributed by atoms with Gasteiger partial charge in [0.25, 0.3) is 0 Å². The molecular weight excluding hydrogens is 665 g/mol. The lowest BCUT2D eigenvalue weighted by Crippen LogP contribution is -2.16. The molecule has 0 spiro atoms. The van der Waals surface area contributed by atoms with Crippen LogP contribution in [0, 0.1) is 0 Å². The minimum absolute atomic E-state index is 0.0669. The van der Waals surface area contributed by atoms with Crippen molar-refractivity contribution in [3.8, 4) is 61.3 Å². The first-order chi connectivity index (χ1) is 27.0. The van der Waals surface area contributed by atoms with Crippen LogP contribution >= 0.6 is 0 Å². The molecule has 0 aliphatic heterocycles. The molecule has 55 heavy (non-hydrogen) atoms. The summed E-state index contributed by atoms with van der Waals surface area (Å²) < 4.78 is 2.36. The zero-order valence-electron chi connectivity index (χ0n) is 30.9. The number of anilines is 3. The highest BCUT2D eigenvalue weighted by Gasteiger charge is 2.35. The van der Waals surface area contributed by atoms with Crippen LogP contribution in [0.4, 0.5) is 17.1 Å². The van der Waals surface area contributed by atoms with E-state index in [0.29, 0.717) is 0 Å². The van der Waals surface area contributed by atoms with E-state index in [-0.39, 0.29) is 5.41 Å². The van der Waals surface area contributed by atoms with Gasteiger partial charge in [0.2, 0.25) is 0 Å². The molecule has 1 aromatic heterocycles. The number of fused-ring (bicyclic) bond motifs is 8. The van der Waals surface area contributed by atoms with Gasteiger partial charge < -0.3 is 9.47 Å². The van der Waals surface area contributed by atoms with Gasteiger partial charge in [0.05, 0.1) is 5.52 Å². The van der Waals surface area contributed by atoms with E-state index in [0.717, 1.165) is 22.7 Å².